The Hall–Kier alpha value is -2.82. The Bertz CT molecular complexity index is 854. The van der Waals surface area contributed by atoms with Crippen molar-refractivity contribution in [3.8, 4) is 22.6 Å². The fourth-order valence-electron chi connectivity index (χ4n) is 3.26. The summed E-state index contributed by atoms with van der Waals surface area (Å²) < 4.78 is 11.9. The van der Waals surface area contributed by atoms with Gasteiger partial charge >= 0.3 is 5.97 Å². The van der Waals surface area contributed by atoms with Gasteiger partial charge in [0.05, 0.1) is 12.7 Å². The summed E-state index contributed by atoms with van der Waals surface area (Å²) in [6, 6.07) is 11.6. The van der Waals surface area contributed by atoms with Gasteiger partial charge in [0, 0.05) is 29.5 Å². The fourth-order valence-corrected chi connectivity index (χ4v) is 3.26. The number of fused-ring (bicyclic) bond motifs is 1. The number of ketones is 1. The van der Waals surface area contributed by atoms with Gasteiger partial charge in [-0.2, -0.15) is 0 Å². The second kappa shape index (κ2) is 8.25. The van der Waals surface area contributed by atoms with Crippen LogP contribution in [0, 0.1) is 0 Å². The molecule has 0 atom stereocenters. The maximum absolute atomic E-state index is 12.1. The third-order valence-corrected chi connectivity index (χ3v) is 4.46. The largest absolute Gasteiger partial charge is 0.493 e. The molecule has 0 saturated heterocycles. The predicted octanol–water partition coefficient (Wildman–Crippen LogP) is 4.51. The number of hydrogen-bond acceptors (Lipinski definition) is 4. The summed E-state index contributed by atoms with van der Waals surface area (Å²) in [7, 11) is 0. The minimum atomic E-state index is -0.848. The number of aryl methyl sites for hydroxylation is 1. The lowest BCUT2D eigenvalue weighted by atomic mass is 9.98. The maximum Gasteiger partial charge on any atom is 0.303 e. The Balaban J connectivity index is 1.98. The highest BCUT2D eigenvalue weighted by Gasteiger charge is 2.24. The van der Waals surface area contributed by atoms with Crippen molar-refractivity contribution in [1.82, 2.24) is 0 Å². The third-order valence-electron chi connectivity index (χ3n) is 4.46. The zero-order chi connectivity index (χ0) is 19.4. The summed E-state index contributed by atoms with van der Waals surface area (Å²) in [5, 5.41) is 8.81. The number of carbonyl (C=O) groups is 2. The second-order valence-electron chi connectivity index (χ2n) is 6.94. The number of aliphatic carboxylic acids is 1. The van der Waals surface area contributed by atoms with Gasteiger partial charge in [0.25, 0.3) is 0 Å². The molecule has 0 saturated carbocycles. The standard InChI is InChI=1S/C22H24O5/c1-14(2)27-20-7-4-3-6-16(20)18-12-15-9-10-19(23)17(15)13-21(18)26-11-5-8-22(24)25/h3-4,6-7,12-14H,5,8-11H2,1-2H3,(H,24,25). The van der Waals surface area contributed by atoms with E-state index in [4.69, 9.17) is 14.6 Å². The van der Waals surface area contributed by atoms with Crippen molar-refractivity contribution in [1.29, 1.82) is 0 Å². The smallest absolute Gasteiger partial charge is 0.303 e. The van der Waals surface area contributed by atoms with E-state index < -0.39 is 5.97 Å². The van der Waals surface area contributed by atoms with Gasteiger partial charge in [-0.25, -0.2) is 0 Å². The van der Waals surface area contributed by atoms with E-state index >= 15 is 0 Å². The van der Waals surface area contributed by atoms with Crippen LogP contribution in [-0.4, -0.2) is 29.6 Å². The van der Waals surface area contributed by atoms with Gasteiger partial charge in [-0.15, -0.1) is 0 Å². The van der Waals surface area contributed by atoms with Crippen molar-refractivity contribution in [2.24, 2.45) is 0 Å². The van der Waals surface area contributed by atoms with Crippen molar-refractivity contribution >= 4 is 11.8 Å². The molecule has 0 aliphatic heterocycles. The number of benzene rings is 2. The van der Waals surface area contributed by atoms with Crippen LogP contribution in [0.2, 0.25) is 0 Å². The highest BCUT2D eigenvalue weighted by atomic mass is 16.5. The van der Waals surface area contributed by atoms with Crippen LogP contribution in [0.25, 0.3) is 11.1 Å². The molecule has 0 aromatic heterocycles. The third kappa shape index (κ3) is 4.48. The van der Waals surface area contributed by atoms with Crippen molar-refractivity contribution in [3.05, 3.63) is 47.5 Å². The lowest BCUT2D eigenvalue weighted by molar-refractivity contribution is -0.137. The minimum absolute atomic E-state index is 0.0297. The number of ether oxygens (including phenoxy) is 2. The number of carboxylic acid groups (broad SMARTS) is 1. The molecule has 5 nitrogen and oxygen atoms in total. The van der Waals surface area contributed by atoms with Crippen LogP contribution in [0.5, 0.6) is 11.5 Å². The predicted molar refractivity (Wildman–Crippen MR) is 103 cm³/mol. The van der Waals surface area contributed by atoms with Gasteiger partial charge in [0.1, 0.15) is 11.5 Å². The van der Waals surface area contributed by atoms with Gasteiger partial charge in [-0.3, -0.25) is 9.59 Å². The maximum atomic E-state index is 12.1. The molecule has 0 heterocycles. The molecular formula is C22H24O5. The van der Waals surface area contributed by atoms with E-state index in [9.17, 15) is 9.59 Å². The molecule has 142 valence electrons. The van der Waals surface area contributed by atoms with Crippen LogP contribution in [0.15, 0.2) is 36.4 Å². The molecule has 1 N–H and O–H groups in total. The summed E-state index contributed by atoms with van der Waals surface area (Å²) in [6.45, 7) is 4.22. The first-order valence-electron chi connectivity index (χ1n) is 9.26. The molecule has 0 bridgehead atoms. The number of carboxylic acids is 1. The zero-order valence-electron chi connectivity index (χ0n) is 15.7. The topological polar surface area (TPSA) is 72.8 Å². The van der Waals surface area contributed by atoms with Crippen LogP contribution in [0.4, 0.5) is 0 Å². The van der Waals surface area contributed by atoms with Crippen molar-refractivity contribution in [3.63, 3.8) is 0 Å². The first kappa shape index (κ1) is 19.0. The van der Waals surface area contributed by atoms with Crippen LogP contribution < -0.4 is 9.47 Å². The van der Waals surface area contributed by atoms with Gasteiger partial charge in [0.15, 0.2) is 5.78 Å². The number of rotatable bonds is 8. The molecule has 1 aliphatic rings. The summed E-state index contributed by atoms with van der Waals surface area (Å²) in [5.74, 6) is 0.624. The minimum Gasteiger partial charge on any atom is -0.493 e. The Labute approximate surface area is 158 Å². The highest BCUT2D eigenvalue weighted by molar-refractivity contribution is 6.02. The summed E-state index contributed by atoms with van der Waals surface area (Å²) in [6.07, 6.45) is 1.73. The lowest BCUT2D eigenvalue weighted by Gasteiger charge is -2.18. The van der Waals surface area contributed by atoms with Gasteiger partial charge in [0.2, 0.25) is 0 Å². The zero-order valence-corrected chi connectivity index (χ0v) is 15.7. The summed E-state index contributed by atoms with van der Waals surface area (Å²) in [5.41, 5.74) is 3.50. The molecule has 0 fully saturated rings. The number of hydrogen-bond donors (Lipinski definition) is 1. The SMILES string of the molecule is CC(C)Oc1ccccc1-c1cc2c(cc1OCCCC(=O)O)C(=O)CC2. The Morgan fingerprint density at radius 2 is 1.85 bits per heavy atom. The first-order valence-corrected chi connectivity index (χ1v) is 9.26. The summed E-state index contributed by atoms with van der Waals surface area (Å²) >= 11 is 0. The number of para-hydroxylation sites is 1. The van der Waals surface area contributed by atoms with Gasteiger partial charge in [-0.1, -0.05) is 18.2 Å². The Morgan fingerprint density at radius 1 is 1.07 bits per heavy atom. The molecule has 2 aromatic rings. The van der Waals surface area contributed by atoms with Gasteiger partial charge < -0.3 is 14.6 Å². The molecule has 0 radical (unpaired) electrons. The molecule has 2 aromatic carbocycles. The fraction of sp³-hybridized carbons (Fsp3) is 0.364. The first-order chi connectivity index (χ1) is 13.0. The van der Waals surface area contributed by atoms with Crippen molar-refractivity contribution in [2.75, 3.05) is 6.61 Å². The van der Waals surface area contributed by atoms with Crippen molar-refractivity contribution < 1.29 is 24.2 Å². The average Bonchev–Trinajstić information content (AvgIpc) is 2.98. The average molecular weight is 368 g/mol. The second-order valence-corrected chi connectivity index (χ2v) is 6.94. The highest BCUT2D eigenvalue weighted by Crippen LogP contribution is 2.40. The monoisotopic (exact) mass is 368 g/mol. The van der Waals surface area contributed by atoms with Crippen LogP contribution in [0.1, 0.15) is 49.0 Å². The van der Waals surface area contributed by atoms with Crippen molar-refractivity contribution in [2.45, 2.75) is 45.6 Å². The molecule has 0 unspecified atom stereocenters. The van der Waals surface area contributed by atoms with Crippen LogP contribution in [-0.2, 0) is 11.2 Å². The van der Waals surface area contributed by atoms with E-state index in [2.05, 4.69) is 0 Å². The Morgan fingerprint density at radius 3 is 2.59 bits per heavy atom. The normalized spacial score (nSPS) is 12.9. The molecule has 1 aliphatic carbocycles. The Kier molecular flexibility index (Phi) is 5.79. The quantitative estimate of drug-likeness (QED) is 0.694. The summed E-state index contributed by atoms with van der Waals surface area (Å²) in [4.78, 5) is 22.9. The lowest BCUT2D eigenvalue weighted by Crippen LogP contribution is -2.07. The number of carbonyl (C=O) groups excluding carboxylic acids is 1. The van der Waals surface area contributed by atoms with E-state index in [0.717, 1.165) is 28.9 Å². The molecule has 3 rings (SSSR count). The molecule has 5 heteroatoms. The molecule has 0 spiro atoms. The molecular weight excluding hydrogens is 344 g/mol. The molecule has 27 heavy (non-hydrogen) atoms. The molecule has 0 amide bonds. The van der Waals surface area contributed by atoms with Crippen LogP contribution >= 0.6 is 0 Å². The van der Waals surface area contributed by atoms with E-state index in [0.29, 0.717) is 24.2 Å². The van der Waals surface area contributed by atoms with E-state index in [-0.39, 0.29) is 24.9 Å². The van der Waals surface area contributed by atoms with E-state index in [1.165, 1.54) is 0 Å². The van der Waals surface area contributed by atoms with Gasteiger partial charge in [-0.05, 0) is 50.5 Å². The van der Waals surface area contributed by atoms with Crippen LogP contribution in [0.3, 0.4) is 0 Å². The van der Waals surface area contributed by atoms with E-state index in [1.54, 1.807) is 6.07 Å². The number of Topliss-reactive ketones (excluding diaryl/α,β-unsaturated/α-hetero) is 1. The van der Waals surface area contributed by atoms with E-state index in [1.807, 2.05) is 44.2 Å².